The Morgan fingerprint density at radius 2 is 2.19 bits per heavy atom. The number of hydrogen-bond acceptors (Lipinski definition) is 3. The van der Waals surface area contributed by atoms with E-state index in [1.165, 1.54) is 0 Å². The number of carbonyl (C=O) groups is 1. The van der Waals surface area contributed by atoms with Gasteiger partial charge in [-0.15, -0.1) is 0 Å². The molecule has 0 bridgehead atoms. The molecular formula is C12H19N3O. The van der Waals surface area contributed by atoms with Gasteiger partial charge in [-0.3, -0.25) is 9.78 Å². The van der Waals surface area contributed by atoms with Crippen LogP contribution >= 0.6 is 0 Å². The fraction of sp³-hybridized carbons (Fsp3) is 0.500. The summed E-state index contributed by atoms with van der Waals surface area (Å²) in [6, 6.07) is 3.76. The van der Waals surface area contributed by atoms with Crippen LogP contribution in [-0.2, 0) is 11.3 Å². The van der Waals surface area contributed by atoms with Crippen molar-refractivity contribution in [3.05, 3.63) is 29.6 Å². The van der Waals surface area contributed by atoms with Gasteiger partial charge in [0.05, 0.1) is 0 Å². The minimum Gasteiger partial charge on any atom is -0.352 e. The Balaban J connectivity index is 2.46. The van der Waals surface area contributed by atoms with Gasteiger partial charge >= 0.3 is 0 Å². The Morgan fingerprint density at radius 1 is 1.50 bits per heavy atom. The van der Waals surface area contributed by atoms with Crippen LogP contribution in [0.2, 0.25) is 0 Å². The van der Waals surface area contributed by atoms with Gasteiger partial charge in [-0.1, -0.05) is 13.0 Å². The Bertz CT molecular complexity index is 346. The third-order valence-electron chi connectivity index (χ3n) is 2.64. The minimum atomic E-state index is -0.168. The molecule has 0 fully saturated rings. The maximum absolute atomic E-state index is 11.6. The van der Waals surface area contributed by atoms with Crippen molar-refractivity contribution in [3.8, 4) is 0 Å². The van der Waals surface area contributed by atoms with Crippen LogP contribution < -0.4 is 11.1 Å². The van der Waals surface area contributed by atoms with Crippen LogP contribution in [-0.4, -0.2) is 16.9 Å². The zero-order valence-corrected chi connectivity index (χ0v) is 10.0. The number of nitrogens with one attached hydrogen (secondary N) is 1. The summed E-state index contributed by atoms with van der Waals surface area (Å²) in [6.07, 6.45) is 1.77. The number of rotatable bonds is 4. The van der Waals surface area contributed by atoms with E-state index >= 15 is 0 Å². The number of nitrogens with two attached hydrogens (primary N) is 1. The van der Waals surface area contributed by atoms with Gasteiger partial charge in [0.1, 0.15) is 0 Å². The van der Waals surface area contributed by atoms with E-state index in [1.807, 2.05) is 32.9 Å². The molecule has 0 spiro atoms. The van der Waals surface area contributed by atoms with E-state index in [-0.39, 0.29) is 17.9 Å². The normalized spacial score (nSPS) is 14.2. The zero-order valence-electron chi connectivity index (χ0n) is 10.0. The largest absolute Gasteiger partial charge is 0.352 e. The van der Waals surface area contributed by atoms with Gasteiger partial charge in [-0.05, 0) is 25.5 Å². The van der Waals surface area contributed by atoms with E-state index in [1.54, 1.807) is 6.20 Å². The topological polar surface area (TPSA) is 68.0 Å². The fourth-order valence-corrected chi connectivity index (χ4v) is 1.19. The molecule has 2 atom stereocenters. The zero-order chi connectivity index (χ0) is 12.1. The van der Waals surface area contributed by atoms with E-state index in [4.69, 9.17) is 5.73 Å². The fourth-order valence-electron chi connectivity index (χ4n) is 1.19. The van der Waals surface area contributed by atoms with Crippen molar-refractivity contribution in [1.82, 2.24) is 10.3 Å². The van der Waals surface area contributed by atoms with Gasteiger partial charge < -0.3 is 11.1 Å². The quantitative estimate of drug-likeness (QED) is 0.796. The molecule has 1 aromatic heterocycles. The van der Waals surface area contributed by atoms with Crippen LogP contribution in [0.3, 0.4) is 0 Å². The molecule has 4 nitrogen and oxygen atoms in total. The molecule has 1 rings (SSSR count). The molecule has 1 amide bonds. The minimum absolute atomic E-state index is 0.0180. The van der Waals surface area contributed by atoms with Gasteiger partial charge in [0.25, 0.3) is 0 Å². The Kier molecular flexibility index (Phi) is 4.43. The van der Waals surface area contributed by atoms with Crippen LogP contribution in [0.15, 0.2) is 18.3 Å². The molecule has 4 heteroatoms. The Hall–Kier alpha value is -1.42. The van der Waals surface area contributed by atoms with Gasteiger partial charge in [-0.2, -0.15) is 0 Å². The summed E-state index contributed by atoms with van der Waals surface area (Å²) in [5.74, 6) is -0.186. The first-order chi connectivity index (χ1) is 7.50. The van der Waals surface area contributed by atoms with Gasteiger partial charge in [-0.25, -0.2) is 0 Å². The van der Waals surface area contributed by atoms with Crippen molar-refractivity contribution in [3.63, 3.8) is 0 Å². The number of aryl methyl sites for hydroxylation is 1. The summed E-state index contributed by atoms with van der Waals surface area (Å²) < 4.78 is 0. The first-order valence-electron chi connectivity index (χ1n) is 5.45. The third kappa shape index (κ3) is 3.62. The maximum atomic E-state index is 11.6. The number of amides is 1. The molecule has 3 N–H and O–H groups in total. The molecule has 0 aliphatic rings. The van der Waals surface area contributed by atoms with E-state index in [9.17, 15) is 4.79 Å². The molecule has 88 valence electrons. The van der Waals surface area contributed by atoms with Crippen molar-refractivity contribution in [2.24, 2.45) is 11.7 Å². The van der Waals surface area contributed by atoms with Crippen LogP contribution in [0.5, 0.6) is 0 Å². The summed E-state index contributed by atoms with van der Waals surface area (Å²) in [5.41, 5.74) is 7.62. The highest BCUT2D eigenvalue weighted by molar-refractivity contribution is 5.78. The van der Waals surface area contributed by atoms with Gasteiger partial charge in [0.2, 0.25) is 5.91 Å². The standard InChI is InChI=1S/C12H19N3O/c1-8-4-5-11(6-14-8)7-15-12(16)9(2)10(3)13/h4-6,9-10H,7,13H2,1-3H3,(H,15,16). The smallest absolute Gasteiger partial charge is 0.224 e. The van der Waals surface area contributed by atoms with Crippen LogP contribution in [0.1, 0.15) is 25.1 Å². The summed E-state index contributed by atoms with van der Waals surface area (Å²) in [4.78, 5) is 15.8. The predicted octanol–water partition coefficient (Wildman–Crippen LogP) is 0.990. The molecule has 0 radical (unpaired) electrons. The van der Waals surface area contributed by atoms with Gasteiger partial charge in [0, 0.05) is 30.4 Å². The van der Waals surface area contributed by atoms with Crippen molar-refractivity contribution in [2.45, 2.75) is 33.4 Å². The predicted molar refractivity (Wildman–Crippen MR) is 63.6 cm³/mol. The van der Waals surface area contributed by atoms with E-state index in [0.29, 0.717) is 6.54 Å². The lowest BCUT2D eigenvalue weighted by atomic mass is 10.0. The van der Waals surface area contributed by atoms with E-state index < -0.39 is 0 Å². The molecule has 0 aliphatic heterocycles. The van der Waals surface area contributed by atoms with Crippen molar-refractivity contribution >= 4 is 5.91 Å². The number of carbonyl (C=O) groups excluding carboxylic acids is 1. The first kappa shape index (κ1) is 12.6. The number of hydrogen-bond donors (Lipinski definition) is 2. The summed E-state index contributed by atoms with van der Waals surface area (Å²) >= 11 is 0. The van der Waals surface area contributed by atoms with Crippen molar-refractivity contribution in [2.75, 3.05) is 0 Å². The summed E-state index contributed by atoms with van der Waals surface area (Å²) in [7, 11) is 0. The highest BCUT2D eigenvalue weighted by Gasteiger charge is 2.16. The van der Waals surface area contributed by atoms with Crippen LogP contribution in [0, 0.1) is 12.8 Å². The Morgan fingerprint density at radius 3 is 2.69 bits per heavy atom. The highest BCUT2D eigenvalue weighted by atomic mass is 16.1. The van der Waals surface area contributed by atoms with E-state index in [2.05, 4.69) is 10.3 Å². The summed E-state index contributed by atoms with van der Waals surface area (Å²) in [6.45, 7) is 6.09. The van der Waals surface area contributed by atoms with Crippen LogP contribution in [0.25, 0.3) is 0 Å². The van der Waals surface area contributed by atoms with E-state index in [0.717, 1.165) is 11.3 Å². The lowest BCUT2D eigenvalue weighted by molar-refractivity contribution is -0.125. The second-order valence-electron chi connectivity index (χ2n) is 4.17. The average molecular weight is 221 g/mol. The van der Waals surface area contributed by atoms with Gasteiger partial charge in [0.15, 0.2) is 0 Å². The molecule has 2 unspecified atom stereocenters. The molecule has 0 saturated heterocycles. The number of nitrogens with zero attached hydrogens (tertiary/aromatic N) is 1. The highest BCUT2D eigenvalue weighted by Crippen LogP contribution is 2.02. The summed E-state index contributed by atoms with van der Waals surface area (Å²) in [5, 5.41) is 2.84. The lowest BCUT2D eigenvalue weighted by Crippen LogP contribution is -2.38. The lowest BCUT2D eigenvalue weighted by Gasteiger charge is -2.15. The molecule has 16 heavy (non-hydrogen) atoms. The Labute approximate surface area is 96.3 Å². The third-order valence-corrected chi connectivity index (χ3v) is 2.64. The monoisotopic (exact) mass is 221 g/mol. The molecule has 1 heterocycles. The molecule has 1 aromatic rings. The molecule has 0 aromatic carbocycles. The van der Waals surface area contributed by atoms with Crippen LogP contribution in [0.4, 0.5) is 0 Å². The van der Waals surface area contributed by atoms with Crippen molar-refractivity contribution in [1.29, 1.82) is 0 Å². The second-order valence-corrected chi connectivity index (χ2v) is 4.17. The molecule has 0 aliphatic carbocycles. The first-order valence-corrected chi connectivity index (χ1v) is 5.45. The average Bonchev–Trinajstić information content (AvgIpc) is 2.26. The number of aromatic nitrogens is 1. The van der Waals surface area contributed by atoms with Crippen molar-refractivity contribution < 1.29 is 4.79 Å². The second kappa shape index (κ2) is 5.61. The number of pyridine rings is 1. The SMILES string of the molecule is Cc1ccc(CNC(=O)C(C)C(C)N)cn1. The molecular weight excluding hydrogens is 202 g/mol. The maximum Gasteiger partial charge on any atom is 0.224 e. The molecule has 0 saturated carbocycles.